The van der Waals surface area contributed by atoms with Crippen molar-refractivity contribution in [2.24, 2.45) is 4.99 Å². The first-order valence-electron chi connectivity index (χ1n) is 2.74. The van der Waals surface area contributed by atoms with Crippen LogP contribution >= 0.6 is 0 Å². The maximum Gasteiger partial charge on any atom is 0.127 e. The molecule has 0 saturated heterocycles. The molecule has 1 rings (SSSR count). The highest BCUT2D eigenvalue weighted by atomic mass is 16.3. The molecule has 3 nitrogen and oxygen atoms in total. The van der Waals surface area contributed by atoms with Crippen LogP contribution in [0.4, 0.5) is 0 Å². The van der Waals surface area contributed by atoms with Gasteiger partial charge in [0, 0.05) is 13.0 Å². The van der Waals surface area contributed by atoms with E-state index in [4.69, 9.17) is 5.11 Å². The summed E-state index contributed by atoms with van der Waals surface area (Å²) >= 11 is 0. The third-order valence-electron chi connectivity index (χ3n) is 1.13. The minimum absolute atomic E-state index is 0.368. The molecule has 0 aromatic heterocycles. The fraction of sp³-hybridized carbons (Fsp3) is 0.800. The van der Waals surface area contributed by atoms with Crippen LogP contribution in [0.1, 0.15) is 13.3 Å². The number of rotatable bonds is 0. The number of hydrogen-bond donors (Lipinski definition) is 2. The van der Waals surface area contributed by atoms with Gasteiger partial charge < -0.3 is 10.4 Å². The molecule has 0 bridgehead atoms. The molecule has 1 aliphatic heterocycles. The Hall–Kier alpha value is -0.570. The van der Waals surface area contributed by atoms with E-state index in [0.29, 0.717) is 0 Å². The van der Waals surface area contributed by atoms with Crippen LogP contribution < -0.4 is 5.32 Å². The molecule has 0 spiro atoms. The van der Waals surface area contributed by atoms with Crippen molar-refractivity contribution >= 4 is 5.84 Å². The Morgan fingerprint density at radius 3 is 3.00 bits per heavy atom. The lowest BCUT2D eigenvalue weighted by atomic mass is 10.3. The average molecular weight is 114 g/mol. The van der Waals surface area contributed by atoms with Gasteiger partial charge in [-0.3, -0.25) is 4.99 Å². The summed E-state index contributed by atoms with van der Waals surface area (Å²) in [5.74, 6) is 0.837. The first-order valence-corrected chi connectivity index (χ1v) is 2.74. The summed E-state index contributed by atoms with van der Waals surface area (Å²) in [6.07, 6.45) is 0.365. The van der Waals surface area contributed by atoms with Gasteiger partial charge in [0.05, 0.1) is 5.84 Å². The molecule has 1 heterocycles. The first kappa shape index (κ1) is 5.56. The van der Waals surface area contributed by atoms with Crippen LogP contribution in [0, 0.1) is 0 Å². The fourth-order valence-corrected chi connectivity index (χ4v) is 0.713. The van der Waals surface area contributed by atoms with Crippen LogP contribution in [0.5, 0.6) is 0 Å². The molecule has 8 heavy (non-hydrogen) atoms. The van der Waals surface area contributed by atoms with Gasteiger partial charge in [0.2, 0.25) is 0 Å². The number of nitrogens with zero attached hydrogens (tertiary/aromatic N) is 1. The van der Waals surface area contributed by atoms with E-state index < -0.39 is 0 Å². The summed E-state index contributed by atoms with van der Waals surface area (Å²) in [5, 5.41) is 11.7. The normalized spacial score (nSPS) is 28.8. The molecule has 0 radical (unpaired) electrons. The predicted octanol–water partition coefficient (Wildman–Crippen LogP) is -0.283. The second kappa shape index (κ2) is 2.13. The molecule has 0 saturated carbocycles. The van der Waals surface area contributed by atoms with Crippen LogP contribution in [0.3, 0.4) is 0 Å². The zero-order valence-corrected chi connectivity index (χ0v) is 4.89. The average Bonchev–Trinajstić information content (AvgIpc) is 1.64. The molecule has 46 valence electrons. The summed E-state index contributed by atoms with van der Waals surface area (Å²) < 4.78 is 0. The molecule has 1 atom stereocenters. The van der Waals surface area contributed by atoms with Gasteiger partial charge in [-0.2, -0.15) is 0 Å². The van der Waals surface area contributed by atoms with Crippen molar-refractivity contribution in [1.82, 2.24) is 5.32 Å². The third-order valence-corrected chi connectivity index (χ3v) is 1.13. The largest absolute Gasteiger partial charge is 0.374 e. The summed E-state index contributed by atoms with van der Waals surface area (Å²) in [5.41, 5.74) is 0. The molecule has 0 amide bonds. The number of nitrogens with one attached hydrogen (secondary N) is 1. The van der Waals surface area contributed by atoms with E-state index in [1.54, 1.807) is 0 Å². The number of aliphatic hydroxyl groups is 1. The predicted molar refractivity (Wildman–Crippen MR) is 31.7 cm³/mol. The molecule has 2 N–H and O–H groups in total. The summed E-state index contributed by atoms with van der Waals surface area (Å²) in [4.78, 5) is 4.03. The second-order valence-electron chi connectivity index (χ2n) is 1.92. The smallest absolute Gasteiger partial charge is 0.127 e. The van der Waals surface area contributed by atoms with Crippen molar-refractivity contribution < 1.29 is 5.11 Å². The zero-order chi connectivity index (χ0) is 5.98. The molecule has 1 aliphatic rings. The van der Waals surface area contributed by atoms with Gasteiger partial charge in [-0.05, 0) is 6.92 Å². The molecule has 0 aromatic carbocycles. The maximum atomic E-state index is 8.89. The van der Waals surface area contributed by atoms with Crippen molar-refractivity contribution in [2.75, 3.05) is 6.54 Å². The van der Waals surface area contributed by atoms with Crippen molar-refractivity contribution in [3.8, 4) is 0 Å². The fourth-order valence-electron chi connectivity index (χ4n) is 0.713. The second-order valence-corrected chi connectivity index (χ2v) is 1.92. The Morgan fingerprint density at radius 1 is 1.88 bits per heavy atom. The molecule has 1 unspecified atom stereocenters. The first-order chi connectivity index (χ1) is 3.79. The molecule has 0 aromatic rings. The van der Waals surface area contributed by atoms with Crippen molar-refractivity contribution in [2.45, 2.75) is 19.6 Å². The Kier molecular flexibility index (Phi) is 1.48. The van der Waals surface area contributed by atoms with Gasteiger partial charge in [-0.25, -0.2) is 0 Å². The highest BCUT2D eigenvalue weighted by Crippen LogP contribution is 1.94. The highest BCUT2D eigenvalue weighted by molar-refractivity contribution is 5.80. The number of aliphatic hydroxyl groups excluding tert-OH is 1. The van der Waals surface area contributed by atoms with E-state index in [2.05, 4.69) is 10.3 Å². The van der Waals surface area contributed by atoms with E-state index >= 15 is 0 Å². The maximum absolute atomic E-state index is 8.89. The van der Waals surface area contributed by atoms with E-state index in [1.165, 1.54) is 0 Å². The van der Waals surface area contributed by atoms with Gasteiger partial charge in [-0.15, -0.1) is 0 Å². The molecular weight excluding hydrogens is 104 g/mol. The quantitative estimate of drug-likeness (QED) is 0.455. The lowest BCUT2D eigenvalue weighted by Crippen LogP contribution is -2.36. The van der Waals surface area contributed by atoms with Gasteiger partial charge in [0.25, 0.3) is 0 Å². The van der Waals surface area contributed by atoms with Crippen LogP contribution in [-0.2, 0) is 0 Å². The van der Waals surface area contributed by atoms with E-state index in [-0.39, 0.29) is 6.23 Å². The molecule has 0 aliphatic carbocycles. The van der Waals surface area contributed by atoms with Gasteiger partial charge >= 0.3 is 0 Å². The lowest BCUT2D eigenvalue weighted by molar-refractivity contribution is 0.147. The number of hydrogen-bond acceptors (Lipinski definition) is 3. The molecule has 3 heteroatoms. The van der Waals surface area contributed by atoms with Gasteiger partial charge in [0.15, 0.2) is 0 Å². The Morgan fingerprint density at radius 2 is 2.62 bits per heavy atom. The van der Waals surface area contributed by atoms with Crippen LogP contribution in [0.15, 0.2) is 4.99 Å². The highest BCUT2D eigenvalue weighted by Gasteiger charge is 2.06. The summed E-state index contributed by atoms with van der Waals surface area (Å²) in [6, 6.07) is 0. The third kappa shape index (κ3) is 1.20. The van der Waals surface area contributed by atoms with Crippen LogP contribution in [0.2, 0.25) is 0 Å². The van der Waals surface area contributed by atoms with Gasteiger partial charge in [0.1, 0.15) is 6.23 Å². The SMILES string of the molecule is CC1=NCCC(O)N1. The topological polar surface area (TPSA) is 44.6 Å². The summed E-state index contributed by atoms with van der Waals surface area (Å²) in [6.45, 7) is 2.60. The number of aliphatic imine (C=N–C) groups is 1. The van der Waals surface area contributed by atoms with Crippen molar-refractivity contribution in [3.05, 3.63) is 0 Å². The zero-order valence-electron chi connectivity index (χ0n) is 4.89. The van der Waals surface area contributed by atoms with Crippen LogP contribution in [-0.4, -0.2) is 23.7 Å². The Bertz CT molecular complexity index is 111. The van der Waals surface area contributed by atoms with E-state index in [0.717, 1.165) is 18.8 Å². The minimum Gasteiger partial charge on any atom is -0.374 e. The van der Waals surface area contributed by atoms with E-state index in [1.807, 2.05) is 6.92 Å². The van der Waals surface area contributed by atoms with E-state index in [9.17, 15) is 0 Å². The van der Waals surface area contributed by atoms with Gasteiger partial charge in [-0.1, -0.05) is 0 Å². The Labute approximate surface area is 48.4 Å². The molecule has 0 fully saturated rings. The monoisotopic (exact) mass is 114 g/mol. The standard InChI is InChI=1S/C5H10N2O/c1-4-6-3-2-5(8)7-4/h5,8H,2-3H2,1H3,(H,6,7). The van der Waals surface area contributed by atoms with Crippen molar-refractivity contribution in [1.29, 1.82) is 0 Å². The number of amidine groups is 1. The van der Waals surface area contributed by atoms with Crippen molar-refractivity contribution in [3.63, 3.8) is 0 Å². The molecular formula is C5H10N2O. The summed E-state index contributed by atoms with van der Waals surface area (Å²) in [7, 11) is 0. The minimum atomic E-state index is -0.368. The Balaban J connectivity index is 2.45. The lowest BCUT2D eigenvalue weighted by Gasteiger charge is -2.16. The van der Waals surface area contributed by atoms with Crippen LogP contribution in [0.25, 0.3) is 0 Å².